The first-order valence-corrected chi connectivity index (χ1v) is 4.15. The molecule has 0 N–H and O–H groups in total. The Morgan fingerprint density at radius 3 is 2.00 bits per heavy atom. The molecule has 1 aromatic rings. The number of halogens is 2. The lowest BCUT2D eigenvalue weighted by Gasteiger charge is -2.11. The van der Waals surface area contributed by atoms with Crippen LogP contribution in [0.1, 0.15) is 10.4 Å². The summed E-state index contributed by atoms with van der Waals surface area (Å²) < 4.78 is 34.2. The SMILES string of the molecule is COc1cccc(OC)c1C(=O)C(F)F. The minimum Gasteiger partial charge on any atom is -0.496 e. The van der Waals surface area contributed by atoms with Crippen LogP contribution in [-0.2, 0) is 0 Å². The molecule has 0 saturated heterocycles. The summed E-state index contributed by atoms with van der Waals surface area (Å²) in [6.07, 6.45) is -3.07. The van der Waals surface area contributed by atoms with Crippen molar-refractivity contribution >= 4 is 5.78 Å². The lowest BCUT2D eigenvalue weighted by Crippen LogP contribution is -2.13. The van der Waals surface area contributed by atoms with Crippen molar-refractivity contribution in [2.75, 3.05) is 14.2 Å². The summed E-state index contributed by atoms with van der Waals surface area (Å²) in [5.74, 6) is -1.14. The molecule has 0 amide bonds. The van der Waals surface area contributed by atoms with Crippen molar-refractivity contribution in [1.82, 2.24) is 0 Å². The van der Waals surface area contributed by atoms with Crippen LogP contribution in [0.2, 0.25) is 0 Å². The molecule has 0 spiro atoms. The molecular weight excluding hydrogens is 206 g/mol. The molecule has 0 radical (unpaired) electrons. The Labute approximate surface area is 85.6 Å². The third kappa shape index (κ3) is 2.23. The molecule has 0 fully saturated rings. The number of alkyl halides is 2. The van der Waals surface area contributed by atoms with E-state index in [2.05, 4.69) is 0 Å². The van der Waals surface area contributed by atoms with Crippen LogP contribution in [-0.4, -0.2) is 26.4 Å². The van der Waals surface area contributed by atoms with E-state index in [1.807, 2.05) is 0 Å². The average molecular weight is 216 g/mol. The third-order valence-electron chi connectivity index (χ3n) is 1.87. The highest BCUT2D eigenvalue weighted by atomic mass is 19.3. The van der Waals surface area contributed by atoms with Crippen LogP contribution >= 0.6 is 0 Å². The first kappa shape index (κ1) is 11.4. The molecule has 0 bridgehead atoms. The maximum Gasteiger partial charge on any atom is 0.300 e. The number of carbonyl (C=O) groups excluding carboxylic acids is 1. The van der Waals surface area contributed by atoms with Gasteiger partial charge < -0.3 is 9.47 Å². The minimum atomic E-state index is -3.07. The van der Waals surface area contributed by atoms with E-state index < -0.39 is 12.2 Å². The fraction of sp³-hybridized carbons (Fsp3) is 0.300. The van der Waals surface area contributed by atoms with Gasteiger partial charge in [0.05, 0.1) is 14.2 Å². The van der Waals surface area contributed by atoms with Crippen LogP contribution in [0.15, 0.2) is 18.2 Å². The highest BCUT2D eigenvalue weighted by Crippen LogP contribution is 2.30. The van der Waals surface area contributed by atoms with E-state index in [1.165, 1.54) is 26.4 Å². The molecule has 0 heterocycles. The normalized spacial score (nSPS) is 10.2. The van der Waals surface area contributed by atoms with Gasteiger partial charge in [0.2, 0.25) is 5.78 Å². The number of ketones is 1. The van der Waals surface area contributed by atoms with Gasteiger partial charge in [-0.15, -0.1) is 0 Å². The second kappa shape index (κ2) is 4.72. The quantitative estimate of drug-likeness (QED) is 0.723. The number of rotatable bonds is 4. The Bertz CT molecular complexity index is 341. The van der Waals surface area contributed by atoms with Gasteiger partial charge in [0.15, 0.2) is 0 Å². The zero-order valence-corrected chi connectivity index (χ0v) is 8.29. The largest absolute Gasteiger partial charge is 0.496 e. The smallest absolute Gasteiger partial charge is 0.300 e. The van der Waals surface area contributed by atoms with Gasteiger partial charge in [0.1, 0.15) is 17.1 Å². The Kier molecular flexibility index (Phi) is 3.60. The summed E-state index contributed by atoms with van der Waals surface area (Å²) in [7, 11) is 2.61. The van der Waals surface area contributed by atoms with Gasteiger partial charge in [0, 0.05) is 0 Å². The lowest BCUT2D eigenvalue weighted by atomic mass is 10.1. The standard InChI is InChI=1S/C10H10F2O3/c1-14-6-4-3-5-7(15-2)8(6)9(13)10(11)12/h3-5,10H,1-2H3. The average Bonchev–Trinajstić information content (AvgIpc) is 2.26. The first-order chi connectivity index (χ1) is 7.11. The molecule has 5 heteroatoms. The van der Waals surface area contributed by atoms with Gasteiger partial charge in [-0.05, 0) is 12.1 Å². The number of carbonyl (C=O) groups is 1. The maximum atomic E-state index is 12.3. The molecule has 0 saturated carbocycles. The van der Waals surface area contributed by atoms with Crippen LogP contribution in [0, 0.1) is 0 Å². The van der Waals surface area contributed by atoms with E-state index in [4.69, 9.17) is 9.47 Å². The summed E-state index contributed by atoms with van der Waals surface area (Å²) in [5.41, 5.74) is -0.225. The minimum absolute atomic E-state index is 0.0830. The molecule has 0 aliphatic heterocycles. The Morgan fingerprint density at radius 2 is 1.67 bits per heavy atom. The van der Waals surface area contributed by atoms with Crippen LogP contribution in [0.25, 0.3) is 0 Å². The fourth-order valence-electron chi connectivity index (χ4n) is 1.20. The molecule has 0 aliphatic carbocycles. The maximum absolute atomic E-state index is 12.3. The number of Topliss-reactive ketones (excluding diaryl/α,β-unsaturated/α-hetero) is 1. The second-order valence-electron chi connectivity index (χ2n) is 2.70. The number of hydrogen-bond acceptors (Lipinski definition) is 3. The van der Waals surface area contributed by atoms with E-state index >= 15 is 0 Å². The third-order valence-corrected chi connectivity index (χ3v) is 1.87. The summed E-state index contributed by atoms with van der Waals surface area (Å²) in [4.78, 5) is 11.2. The Balaban J connectivity index is 3.28. The van der Waals surface area contributed by atoms with Crippen molar-refractivity contribution in [1.29, 1.82) is 0 Å². The molecular formula is C10H10F2O3. The molecule has 0 atom stereocenters. The monoisotopic (exact) mass is 216 g/mol. The van der Waals surface area contributed by atoms with E-state index in [0.29, 0.717) is 0 Å². The van der Waals surface area contributed by atoms with Crippen LogP contribution in [0.5, 0.6) is 11.5 Å². The lowest BCUT2D eigenvalue weighted by molar-refractivity contribution is 0.0672. The molecule has 1 rings (SSSR count). The van der Waals surface area contributed by atoms with Gasteiger partial charge in [-0.2, -0.15) is 0 Å². The summed E-state index contributed by atoms with van der Waals surface area (Å²) >= 11 is 0. The van der Waals surface area contributed by atoms with E-state index in [9.17, 15) is 13.6 Å². The van der Waals surface area contributed by atoms with Gasteiger partial charge >= 0.3 is 6.43 Å². The predicted molar refractivity (Wildman–Crippen MR) is 49.9 cm³/mol. The molecule has 0 aliphatic rings. The molecule has 82 valence electrons. The molecule has 15 heavy (non-hydrogen) atoms. The van der Waals surface area contributed by atoms with E-state index in [0.717, 1.165) is 0 Å². The van der Waals surface area contributed by atoms with Crippen LogP contribution in [0.4, 0.5) is 8.78 Å². The molecule has 0 aromatic heterocycles. The first-order valence-electron chi connectivity index (χ1n) is 4.15. The van der Waals surface area contributed by atoms with Gasteiger partial charge in [0.25, 0.3) is 0 Å². The summed E-state index contributed by atoms with van der Waals surface area (Å²) in [6.45, 7) is 0. The van der Waals surface area contributed by atoms with Gasteiger partial charge in [-0.1, -0.05) is 6.07 Å². The molecule has 3 nitrogen and oxygen atoms in total. The van der Waals surface area contributed by atoms with E-state index in [-0.39, 0.29) is 17.1 Å². The summed E-state index contributed by atoms with van der Waals surface area (Å²) in [6, 6.07) is 4.41. The zero-order chi connectivity index (χ0) is 11.4. The Hall–Kier alpha value is -1.65. The highest BCUT2D eigenvalue weighted by Gasteiger charge is 2.25. The predicted octanol–water partition coefficient (Wildman–Crippen LogP) is 2.15. The van der Waals surface area contributed by atoms with Crippen molar-refractivity contribution in [2.24, 2.45) is 0 Å². The highest BCUT2D eigenvalue weighted by molar-refractivity contribution is 6.03. The van der Waals surface area contributed by atoms with E-state index in [1.54, 1.807) is 6.07 Å². The van der Waals surface area contributed by atoms with Crippen molar-refractivity contribution in [3.05, 3.63) is 23.8 Å². The number of methoxy groups -OCH3 is 2. The van der Waals surface area contributed by atoms with Crippen molar-refractivity contribution in [3.63, 3.8) is 0 Å². The number of benzene rings is 1. The fourth-order valence-corrected chi connectivity index (χ4v) is 1.20. The van der Waals surface area contributed by atoms with Gasteiger partial charge in [-0.3, -0.25) is 4.79 Å². The topological polar surface area (TPSA) is 35.5 Å². The number of hydrogen-bond donors (Lipinski definition) is 0. The molecule has 0 unspecified atom stereocenters. The van der Waals surface area contributed by atoms with Crippen molar-refractivity contribution in [3.8, 4) is 11.5 Å². The van der Waals surface area contributed by atoms with Crippen molar-refractivity contribution < 1.29 is 23.0 Å². The van der Waals surface area contributed by atoms with Crippen LogP contribution < -0.4 is 9.47 Å². The second-order valence-corrected chi connectivity index (χ2v) is 2.70. The summed E-state index contributed by atoms with van der Waals surface area (Å²) in [5, 5.41) is 0. The van der Waals surface area contributed by atoms with Gasteiger partial charge in [-0.25, -0.2) is 8.78 Å². The van der Waals surface area contributed by atoms with Crippen molar-refractivity contribution in [2.45, 2.75) is 6.43 Å². The number of ether oxygens (including phenoxy) is 2. The molecule has 1 aromatic carbocycles. The zero-order valence-electron chi connectivity index (χ0n) is 8.29. The van der Waals surface area contributed by atoms with Crippen LogP contribution in [0.3, 0.4) is 0 Å². The Morgan fingerprint density at radius 1 is 1.20 bits per heavy atom.